The summed E-state index contributed by atoms with van der Waals surface area (Å²) < 4.78 is 3.67. The molecule has 0 aliphatic heterocycles. The summed E-state index contributed by atoms with van der Waals surface area (Å²) >= 11 is 4.58. The van der Waals surface area contributed by atoms with Crippen LogP contribution < -0.4 is 0 Å². The number of halogens is 1. The van der Waals surface area contributed by atoms with Crippen LogP contribution in [0.2, 0.25) is 0 Å². The molecule has 0 unspecified atom stereocenters. The summed E-state index contributed by atoms with van der Waals surface area (Å²) in [5.41, 5.74) is 2.18. The summed E-state index contributed by atoms with van der Waals surface area (Å²) in [6, 6.07) is 0. The summed E-state index contributed by atoms with van der Waals surface area (Å²) in [6.07, 6.45) is 0.993. The predicted molar refractivity (Wildman–Crippen MR) is 25.7 cm³/mol. The van der Waals surface area contributed by atoms with Crippen LogP contribution in [-0.4, -0.2) is 5.97 Å². The van der Waals surface area contributed by atoms with Gasteiger partial charge >= 0.3 is 5.97 Å². The highest BCUT2D eigenvalue weighted by atomic mass is 35.5. The van der Waals surface area contributed by atoms with E-state index in [0.717, 1.165) is 6.08 Å². The number of hydrogen-bond donors (Lipinski definition) is 0. The first-order valence-electron chi connectivity index (χ1n) is 1.49. The molecule has 0 saturated carbocycles. The van der Waals surface area contributed by atoms with Crippen molar-refractivity contribution < 1.29 is 9.08 Å². The van der Waals surface area contributed by atoms with Gasteiger partial charge in [0.1, 0.15) is 11.9 Å². The topological polar surface area (TPSA) is 26.3 Å². The quantitative estimate of drug-likeness (QED) is 0.380. The Morgan fingerprint density at radius 2 is 2.57 bits per heavy atom. The monoisotopic (exact) mass is 118 g/mol. The molecule has 0 aromatic carbocycles. The van der Waals surface area contributed by atoms with E-state index >= 15 is 0 Å². The molecule has 0 aromatic rings. The van der Waals surface area contributed by atoms with Gasteiger partial charge in [-0.2, -0.15) is 0 Å². The Morgan fingerprint density at radius 3 is 2.71 bits per heavy atom. The third kappa shape index (κ3) is 3.10. The maximum absolute atomic E-state index is 9.90. The van der Waals surface area contributed by atoms with Gasteiger partial charge in [0.05, 0.1) is 6.08 Å². The number of carbonyl (C=O) groups excluding carboxylic acids is 1. The number of carbonyl (C=O) groups is 1. The summed E-state index contributed by atoms with van der Waals surface area (Å²) in [7, 11) is 0. The summed E-state index contributed by atoms with van der Waals surface area (Å²) in [5, 5.41) is 0. The van der Waals surface area contributed by atoms with E-state index in [2.05, 4.69) is 28.5 Å². The van der Waals surface area contributed by atoms with Crippen molar-refractivity contribution in [3.8, 4) is 0 Å². The molecule has 3 heteroatoms. The Hall–Kier alpha value is -0.720. The number of hydrogen-bond acceptors (Lipinski definition) is 2. The second-order valence-electron chi connectivity index (χ2n) is 0.745. The third-order valence-electron chi connectivity index (χ3n) is 0.296. The molecule has 0 atom stereocenters. The molecule has 0 aromatic heterocycles. The van der Waals surface area contributed by atoms with Crippen LogP contribution in [-0.2, 0) is 9.08 Å². The van der Waals surface area contributed by atoms with E-state index in [0.29, 0.717) is 0 Å². The Kier molecular flexibility index (Phi) is 3.11. The van der Waals surface area contributed by atoms with Gasteiger partial charge in [-0.1, -0.05) is 6.58 Å². The van der Waals surface area contributed by atoms with Gasteiger partial charge < -0.3 is 4.29 Å². The molecular formula is C4H3ClO2. The van der Waals surface area contributed by atoms with Gasteiger partial charge in [0.15, 0.2) is 0 Å². The Labute approximate surface area is 46.2 Å². The fourth-order valence-corrected chi connectivity index (χ4v) is 0.150. The Morgan fingerprint density at radius 1 is 2.00 bits per heavy atom. The van der Waals surface area contributed by atoms with Gasteiger partial charge in [-0.15, -0.1) is 5.73 Å². The molecule has 38 valence electrons. The molecule has 7 heavy (non-hydrogen) atoms. The fourth-order valence-electron chi connectivity index (χ4n) is 0.106. The molecule has 0 spiro atoms. The standard InChI is InChI=1S/C4H3ClO2/c1-2-3-4(6)7-5/h3H,1H2. The highest BCUT2D eigenvalue weighted by Gasteiger charge is 1.87. The molecule has 0 heterocycles. The third-order valence-corrected chi connectivity index (χ3v) is 0.448. The zero-order chi connectivity index (χ0) is 5.70. The minimum Gasteiger partial charge on any atom is -0.343 e. The minimum atomic E-state index is -0.656. The van der Waals surface area contributed by atoms with E-state index < -0.39 is 5.97 Å². The molecule has 0 aliphatic carbocycles. The Bertz CT molecular complexity index is 113. The van der Waals surface area contributed by atoms with E-state index in [-0.39, 0.29) is 0 Å². The molecule has 2 nitrogen and oxygen atoms in total. The van der Waals surface area contributed by atoms with E-state index in [4.69, 9.17) is 0 Å². The van der Waals surface area contributed by atoms with Gasteiger partial charge in [-0.25, -0.2) is 4.79 Å². The molecule has 0 N–H and O–H groups in total. The normalized spacial score (nSPS) is 6.43. The second kappa shape index (κ2) is 3.47. The summed E-state index contributed by atoms with van der Waals surface area (Å²) in [4.78, 5) is 9.90. The summed E-state index contributed by atoms with van der Waals surface area (Å²) in [6.45, 7) is 3.11. The smallest absolute Gasteiger partial charge is 0.343 e. The van der Waals surface area contributed by atoms with Crippen LogP contribution in [0.15, 0.2) is 18.4 Å². The zero-order valence-electron chi connectivity index (χ0n) is 3.48. The molecule has 0 saturated heterocycles. The molecule has 0 aliphatic rings. The SMILES string of the molecule is C=C=CC(=O)OCl. The lowest BCUT2D eigenvalue weighted by molar-refractivity contribution is -0.128. The first-order valence-corrected chi connectivity index (χ1v) is 1.80. The van der Waals surface area contributed by atoms with Crippen LogP contribution in [0, 0.1) is 0 Å². The second-order valence-corrected chi connectivity index (χ2v) is 0.899. The highest BCUT2D eigenvalue weighted by Crippen LogP contribution is 1.80. The average molecular weight is 119 g/mol. The van der Waals surface area contributed by atoms with Crippen molar-refractivity contribution in [2.24, 2.45) is 0 Å². The van der Waals surface area contributed by atoms with Gasteiger partial charge in [-0.3, -0.25) is 0 Å². The van der Waals surface area contributed by atoms with Crippen LogP contribution in [0.1, 0.15) is 0 Å². The Balaban J connectivity index is 3.58. The molecule has 0 rings (SSSR count). The van der Waals surface area contributed by atoms with Crippen molar-refractivity contribution in [3.63, 3.8) is 0 Å². The van der Waals surface area contributed by atoms with Gasteiger partial charge in [0.25, 0.3) is 0 Å². The van der Waals surface area contributed by atoms with Crippen molar-refractivity contribution in [2.75, 3.05) is 0 Å². The maximum atomic E-state index is 9.90. The van der Waals surface area contributed by atoms with Crippen LogP contribution in [0.5, 0.6) is 0 Å². The average Bonchev–Trinajstić information content (AvgIpc) is 1.68. The van der Waals surface area contributed by atoms with Crippen molar-refractivity contribution in [2.45, 2.75) is 0 Å². The lowest BCUT2D eigenvalue weighted by atomic mass is 10.6. The molecule has 0 radical (unpaired) electrons. The van der Waals surface area contributed by atoms with E-state index in [1.165, 1.54) is 0 Å². The molecule has 0 fully saturated rings. The highest BCUT2D eigenvalue weighted by molar-refractivity contribution is 6.14. The first kappa shape index (κ1) is 6.28. The van der Waals surface area contributed by atoms with E-state index in [9.17, 15) is 4.79 Å². The van der Waals surface area contributed by atoms with E-state index in [1.807, 2.05) is 0 Å². The van der Waals surface area contributed by atoms with E-state index in [1.54, 1.807) is 0 Å². The lowest BCUT2D eigenvalue weighted by Gasteiger charge is -1.77. The van der Waals surface area contributed by atoms with Crippen molar-refractivity contribution >= 4 is 17.8 Å². The minimum absolute atomic E-state index is 0.656. The van der Waals surface area contributed by atoms with Crippen LogP contribution >= 0.6 is 11.9 Å². The fraction of sp³-hybridized carbons (Fsp3) is 0. The van der Waals surface area contributed by atoms with Crippen molar-refractivity contribution in [3.05, 3.63) is 18.4 Å². The van der Waals surface area contributed by atoms with Gasteiger partial charge in [0, 0.05) is 0 Å². The molecular weight excluding hydrogens is 115 g/mol. The van der Waals surface area contributed by atoms with Crippen molar-refractivity contribution in [1.29, 1.82) is 0 Å². The van der Waals surface area contributed by atoms with Crippen LogP contribution in [0.25, 0.3) is 0 Å². The molecule has 0 amide bonds. The van der Waals surface area contributed by atoms with Crippen LogP contribution in [0.4, 0.5) is 0 Å². The van der Waals surface area contributed by atoms with Gasteiger partial charge in [-0.05, 0) is 0 Å². The predicted octanol–water partition coefficient (Wildman–Crippen LogP) is 1.02. The maximum Gasteiger partial charge on any atom is 0.356 e. The largest absolute Gasteiger partial charge is 0.356 e. The zero-order valence-corrected chi connectivity index (χ0v) is 4.23. The summed E-state index contributed by atoms with van der Waals surface area (Å²) in [5.74, 6) is -0.656. The number of rotatable bonds is 1. The lowest BCUT2D eigenvalue weighted by Crippen LogP contribution is -1.86. The van der Waals surface area contributed by atoms with Gasteiger partial charge in [0.2, 0.25) is 0 Å². The first-order chi connectivity index (χ1) is 3.31. The van der Waals surface area contributed by atoms with Crippen LogP contribution in [0.3, 0.4) is 0 Å². The molecule has 0 bridgehead atoms. The van der Waals surface area contributed by atoms with Crippen molar-refractivity contribution in [1.82, 2.24) is 0 Å².